The predicted molar refractivity (Wildman–Crippen MR) is 127 cm³/mol. The molecule has 2 fully saturated rings. The van der Waals surface area contributed by atoms with Gasteiger partial charge in [0.1, 0.15) is 0 Å². The maximum atomic E-state index is 13.3. The van der Waals surface area contributed by atoms with Crippen molar-refractivity contribution < 1.29 is 13.2 Å². The second-order valence-electron chi connectivity index (χ2n) is 8.51. The van der Waals surface area contributed by atoms with Crippen LogP contribution in [-0.2, 0) is 9.84 Å². The summed E-state index contributed by atoms with van der Waals surface area (Å²) in [7, 11) is -3.05. The maximum Gasteiger partial charge on any atom is 0.274 e. The predicted octanol–water partition coefficient (Wildman–Crippen LogP) is 3.24. The minimum Gasteiger partial charge on any atom is -0.368 e. The van der Waals surface area contributed by atoms with Crippen LogP contribution in [0.5, 0.6) is 0 Å². The van der Waals surface area contributed by atoms with Crippen molar-refractivity contribution in [1.82, 2.24) is 14.7 Å². The summed E-state index contributed by atoms with van der Waals surface area (Å²) < 4.78 is 25.9. The average molecular weight is 471 g/mol. The van der Waals surface area contributed by atoms with E-state index in [2.05, 4.69) is 41.2 Å². The van der Waals surface area contributed by atoms with Gasteiger partial charge in [0, 0.05) is 31.9 Å². The minimum atomic E-state index is -3.05. The van der Waals surface area contributed by atoms with E-state index >= 15 is 0 Å². The number of anilines is 1. The molecule has 0 radical (unpaired) electrons. The van der Waals surface area contributed by atoms with Crippen LogP contribution in [0.3, 0.4) is 0 Å². The lowest BCUT2D eigenvalue weighted by atomic mass is 10.2. The third-order valence-electron chi connectivity index (χ3n) is 6.22. The molecule has 0 saturated carbocycles. The molecule has 2 aliphatic heterocycles. The van der Waals surface area contributed by atoms with Gasteiger partial charge in [-0.05, 0) is 48.6 Å². The molecule has 168 valence electrons. The van der Waals surface area contributed by atoms with Crippen molar-refractivity contribution in [3.8, 4) is 10.6 Å². The highest BCUT2D eigenvalue weighted by atomic mass is 32.2. The molecular weight excluding hydrogens is 444 g/mol. The Morgan fingerprint density at radius 1 is 1.09 bits per heavy atom. The van der Waals surface area contributed by atoms with Gasteiger partial charge in [0.05, 0.1) is 28.1 Å². The number of carbonyl (C=O) groups excluding carboxylic acids is 1. The Morgan fingerprint density at radius 3 is 2.56 bits per heavy atom. The molecule has 0 unspecified atom stereocenters. The Labute approximate surface area is 192 Å². The molecule has 2 saturated heterocycles. The molecule has 3 aromatic rings. The molecule has 5 rings (SSSR count). The molecule has 32 heavy (non-hydrogen) atoms. The highest BCUT2D eigenvalue weighted by Gasteiger charge is 2.33. The molecule has 1 atom stereocenters. The number of aryl methyl sites for hydroxylation is 1. The lowest BCUT2D eigenvalue weighted by Gasteiger charge is -2.36. The summed E-state index contributed by atoms with van der Waals surface area (Å²) >= 11 is 1.57. The van der Waals surface area contributed by atoms with Crippen molar-refractivity contribution in [2.45, 2.75) is 19.4 Å². The van der Waals surface area contributed by atoms with Crippen LogP contribution in [0.1, 0.15) is 28.5 Å². The zero-order valence-electron chi connectivity index (χ0n) is 18.0. The standard InChI is InChI=1S/C23H26N4O3S2/c1-17-4-2-5-18(14-17)25-8-10-26(11-9-25)23(28)20-15-21(22-6-3-12-31-22)27(24-20)19-7-13-32(29,30)16-19/h2-6,12,14-15,19H,7-11,13,16H2,1H3/t19-/m1/s1. The van der Waals surface area contributed by atoms with E-state index in [1.165, 1.54) is 11.3 Å². The lowest BCUT2D eigenvalue weighted by Crippen LogP contribution is -2.49. The molecule has 9 heteroatoms. The van der Waals surface area contributed by atoms with Gasteiger partial charge in [-0.2, -0.15) is 5.10 Å². The molecule has 2 aliphatic rings. The van der Waals surface area contributed by atoms with Gasteiger partial charge in [0.15, 0.2) is 15.5 Å². The molecule has 1 aromatic carbocycles. The number of thiophene rings is 1. The van der Waals surface area contributed by atoms with Crippen molar-refractivity contribution in [1.29, 1.82) is 0 Å². The summed E-state index contributed by atoms with van der Waals surface area (Å²) in [5.74, 6) is 0.160. The first-order valence-electron chi connectivity index (χ1n) is 10.8. The van der Waals surface area contributed by atoms with Crippen LogP contribution in [0.15, 0.2) is 47.8 Å². The monoisotopic (exact) mass is 470 g/mol. The first-order chi connectivity index (χ1) is 15.4. The number of piperazine rings is 1. The van der Waals surface area contributed by atoms with E-state index in [9.17, 15) is 13.2 Å². The van der Waals surface area contributed by atoms with E-state index in [1.807, 2.05) is 28.5 Å². The fourth-order valence-electron chi connectivity index (χ4n) is 4.51. The summed E-state index contributed by atoms with van der Waals surface area (Å²) in [5, 5.41) is 6.61. The molecular formula is C23H26N4O3S2. The Hall–Kier alpha value is -2.65. The number of amides is 1. The highest BCUT2D eigenvalue weighted by molar-refractivity contribution is 7.91. The van der Waals surface area contributed by atoms with Gasteiger partial charge in [-0.3, -0.25) is 9.48 Å². The minimum absolute atomic E-state index is 0.0792. The normalized spacial score (nSPS) is 20.6. The lowest BCUT2D eigenvalue weighted by molar-refractivity contribution is 0.0739. The average Bonchev–Trinajstić information content (AvgIpc) is 3.52. The van der Waals surface area contributed by atoms with Crippen molar-refractivity contribution in [3.63, 3.8) is 0 Å². The summed E-state index contributed by atoms with van der Waals surface area (Å²) in [6.45, 7) is 4.89. The van der Waals surface area contributed by atoms with Crippen LogP contribution < -0.4 is 4.90 Å². The van der Waals surface area contributed by atoms with Gasteiger partial charge in [-0.1, -0.05) is 18.2 Å². The molecule has 2 aromatic heterocycles. The number of carbonyl (C=O) groups is 1. The van der Waals surface area contributed by atoms with Gasteiger partial charge >= 0.3 is 0 Å². The van der Waals surface area contributed by atoms with Gasteiger partial charge in [-0.25, -0.2) is 8.42 Å². The highest BCUT2D eigenvalue weighted by Crippen LogP contribution is 2.32. The number of hydrogen-bond donors (Lipinski definition) is 0. The number of benzene rings is 1. The van der Waals surface area contributed by atoms with Crippen LogP contribution in [0.25, 0.3) is 10.6 Å². The Morgan fingerprint density at radius 2 is 1.91 bits per heavy atom. The van der Waals surface area contributed by atoms with E-state index in [1.54, 1.807) is 16.0 Å². The van der Waals surface area contributed by atoms with Crippen molar-refractivity contribution in [3.05, 3.63) is 59.1 Å². The van der Waals surface area contributed by atoms with E-state index < -0.39 is 9.84 Å². The van der Waals surface area contributed by atoms with Crippen LogP contribution in [0.2, 0.25) is 0 Å². The molecule has 0 N–H and O–H groups in total. The topological polar surface area (TPSA) is 75.5 Å². The SMILES string of the molecule is Cc1cccc(N2CCN(C(=O)c3cc(-c4cccs4)n([C@@H]4CCS(=O)(=O)C4)n3)CC2)c1. The molecule has 7 nitrogen and oxygen atoms in total. The number of nitrogens with zero attached hydrogens (tertiary/aromatic N) is 4. The van der Waals surface area contributed by atoms with Crippen LogP contribution in [0, 0.1) is 6.92 Å². The van der Waals surface area contributed by atoms with Crippen LogP contribution in [0.4, 0.5) is 5.69 Å². The first kappa shape index (κ1) is 21.2. The smallest absolute Gasteiger partial charge is 0.274 e. The maximum absolute atomic E-state index is 13.3. The Kier molecular flexibility index (Phi) is 5.54. The molecule has 1 amide bonds. The molecule has 4 heterocycles. The van der Waals surface area contributed by atoms with E-state index in [-0.39, 0.29) is 23.5 Å². The third-order valence-corrected chi connectivity index (χ3v) is 8.86. The second-order valence-corrected chi connectivity index (χ2v) is 11.7. The Bertz CT molecular complexity index is 1230. The van der Waals surface area contributed by atoms with Crippen LogP contribution in [-0.4, -0.2) is 66.7 Å². The van der Waals surface area contributed by atoms with E-state index in [0.29, 0.717) is 25.2 Å². The van der Waals surface area contributed by atoms with Gasteiger partial charge < -0.3 is 9.80 Å². The third kappa shape index (κ3) is 4.19. The van der Waals surface area contributed by atoms with E-state index in [4.69, 9.17) is 0 Å². The van der Waals surface area contributed by atoms with Crippen molar-refractivity contribution >= 4 is 32.8 Å². The fourth-order valence-corrected chi connectivity index (χ4v) is 6.93. The summed E-state index contributed by atoms with van der Waals surface area (Å²) in [6.07, 6.45) is 0.533. The van der Waals surface area contributed by atoms with E-state index in [0.717, 1.165) is 23.7 Å². The van der Waals surface area contributed by atoms with Crippen LogP contribution >= 0.6 is 11.3 Å². The zero-order chi connectivity index (χ0) is 22.3. The zero-order valence-corrected chi connectivity index (χ0v) is 19.6. The summed E-state index contributed by atoms with van der Waals surface area (Å²) in [6, 6.07) is 14.0. The van der Waals surface area contributed by atoms with Gasteiger partial charge in [0.25, 0.3) is 5.91 Å². The number of rotatable bonds is 4. The molecule has 0 spiro atoms. The molecule has 0 aliphatic carbocycles. The first-order valence-corrected chi connectivity index (χ1v) is 13.5. The van der Waals surface area contributed by atoms with Gasteiger partial charge in [-0.15, -0.1) is 11.3 Å². The summed E-state index contributed by atoms with van der Waals surface area (Å²) in [5.41, 5.74) is 3.62. The quantitative estimate of drug-likeness (QED) is 0.585. The fraction of sp³-hybridized carbons (Fsp3) is 0.391. The van der Waals surface area contributed by atoms with Gasteiger partial charge in [0.2, 0.25) is 0 Å². The Balaban J connectivity index is 1.36. The van der Waals surface area contributed by atoms with Crippen molar-refractivity contribution in [2.24, 2.45) is 0 Å². The number of aromatic nitrogens is 2. The summed E-state index contributed by atoms with van der Waals surface area (Å²) in [4.78, 5) is 18.4. The number of sulfone groups is 1. The molecule has 0 bridgehead atoms. The second kappa shape index (κ2) is 8.37. The number of hydrogen-bond acceptors (Lipinski definition) is 6. The van der Waals surface area contributed by atoms with Crippen molar-refractivity contribution in [2.75, 3.05) is 42.6 Å². The largest absolute Gasteiger partial charge is 0.368 e.